The highest BCUT2D eigenvalue weighted by atomic mass is 35.5. The van der Waals surface area contributed by atoms with Gasteiger partial charge in [0.1, 0.15) is 0 Å². The van der Waals surface area contributed by atoms with E-state index in [9.17, 15) is 0 Å². The summed E-state index contributed by atoms with van der Waals surface area (Å²) in [5.74, 6) is 1.27. The zero-order valence-electron chi connectivity index (χ0n) is 8.77. The quantitative estimate of drug-likeness (QED) is 0.818. The molecule has 86 valence electrons. The maximum atomic E-state index is 8.88. The molecule has 0 saturated heterocycles. The van der Waals surface area contributed by atoms with Crippen molar-refractivity contribution in [2.45, 2.75) is 6.04 Å². The third-order valence-electron chi connectivity index (χ3n) is 2.03. The van der Waals surface area contributed by atoms with E-state index in [-0.39, 0.29) is 25.1 Å². The largest absolute Gasteiger partial charge is 0.493 e. The Balaban J connectivity index is 0.00000196. The first-order valence-corrected chi connectivity index (χ1v) is 4.31. The third-order valence-corrected chi connectivity index (χ3v) is 2.03. The Kier molecular flexibility index (Phi) is 6.08. The first kappa shape index (κ1) is 14.0. The highest BCUT2D eigenvalue weighted by Gasteiger charge is 2.09. The van der Waals surface area contributed by atoms with Gasteiger partial charge in [-0.2, -0.15) is 0 Å². The topological polar surface area (TPSA) is 64.7 Å². The third kappa shape index (κ3) is 3.27. The van der Waals surface area contributed by atoms with E-state index in [2.05, 4.69) is 0 Å². The molecule has 5 heteroatoms. The second-order valence-electron chi connectivity index (χ2n) is 2.90. The van der Waals surface area contributed by atoms with Crippen molar-refractivity contribution < 1.29 is 14.6 Å². The molecule has 1 aromatic rings. The van der Waals surface area contributed by atoms with Crippen LogP contribution in [0.25, 0.3) is 0 Å². The van der Waals surface area contributed by atoms with Crippen LogP contribution in [0.15, 0.2) is 18.2 Å². The summed E-state index contributed by atoms with van der Waals surface area (Å²) in [6.45, 7) is -0.0878. The van der Waals surface area contributed by atoms with Gasteiger partial charge in [-0.3, -0.25) is 0 Å². The van der Waals surface area contributed by atoms with Gasteiger partial charge in [-0.1, -0.05) is 6.07 Å². The van der Waals surface area contributed by atoms with Gasteiger partial charge >= 0.3 is 0 Å². The smallest absolute Gasteiger partial charge is 0.161 e. The van der Waals surface area contributed by atoms with Gasteiger partial charge in [-0.25, -0.2) is 0 Å². The molecule has 0 spiro atoms. The number of hydrogen-bond acceptors (Lipinski definition) is 4. The molecule has 0 bridgehead atoms. The maximum Gasteiger partial charge on any atom is 0.161 e. The van der Waals surface area contributed by atoms with Crippen LogP contribution >= 0.6 is 12.4 Å². The monoisotopic (exact) mass is 233 g/mol. The van der Waals surface area contributed by atoms with Crippen LogP contribution in [0.1, 0.15) is 11.6 Å². The fraction of sp³-hybridized carbons (Fsp3) is 0.400. The van der Waals surface area contributed by atoms with E-state index in [0.29, 0.717) is 11.5 Å². The lowest BCUT2D eigenvalue weighted by Gasteiger charge is -2.12. The maximum absolute atomic E-state index is 8.88. The van der Waals surface area contributed by atoms with E-state index in [1.54, 1.807) is 26.4 Å². The van der Waals surface area contributed by atoms with Crippen LogP contribution in [0.4, 0.5) is 0 Å². The lowest BCUT2D eigenvalue weighted by atomic mass is 10.1. The summed E-state index contributed by atoms with van der Waals surface area (Å²) in [7, 11) is 3.13. The van der Waals surface area contributed by atoms with Gasteiger partial charge < -0.3 is 20.3 Å². The molecule has 0 amide bonds. The van der Waals surface area contributed by atoms with Crippen LogP contribution in [0.2, 0.25) is 0 Å². The van der Waals surface area contributed by atoms with Crippen LogP contribution in [0.5, 0.6) is 11.5 Å². The molecular weight excluding hydrogens is 218 g/mol. The number of halogens is 1. The number of aliphatic hydroxyl groups excluding tert-OH is 1. The number of ether oxygens (including phenoxy) is 2. The molecule has 1 rings (SSSR count). The summed E-state index contributed by atoms with van der Waals surface area (Å²) in [6.07, 6.45) is 0. The highest BCUT2D eigenvalue weighted by Crippen LogP contribution is 2.29. The zero-order valence-corrected chi connectivity index (χ0v) is 9.58. The second kappa shape index (κ2) is 6.50. The Bertz CT molecular complexity index is 307. The molecule has 0 saturated carbocycles. The van der Waals surface area contributed by atoms with Crippen molar-refractivity contribution in [1.29, 1.82) is 0 Å². The number of benzene rings is 1. The van der Waals surface area contributed by atoms with Gasteiger partial charge in [0.15, 0.2) is 11.5 Å². The van der Waals surface area contributed by atoms with Crippen LogP contribution in [0, 0.1) is 0 Å². The fourth-order valence-corrected chi connectivity index (χ4v) is 1.19. The molecular formula is C10H16ClNO3. The number of hydrogen-bond donors (Lipinski definition) is 2. The second-order valence-corrected chi connectivity index (χ2v) is 2.90. The molecule has 0 aliphatic carbocycles. The van der Waals surface area contributed by atoms with Crippen LogP contribution < -0.4 is 15.2 Å². The van der Waals surface area contributed by atoms with Gasteiger partial charge in [0.2, 0.25) is 0 Å². The summed E-state index contributed by atoms with van der Waals surface area (Å²) in [5.41, 5.74) is 6.49. The average molecular weight is 234 g/mol. The normalized spacial score (nSPS) is 11.5. The first-order chi connectivity index (χ1) is 6.72. The number of nitrogens with two attached hydrogens (primary N) is 1. The minimum Gasteiger partial charge on any atom is -0.493 e. The van der Waals surface area contributed by atoms with Crippen molar-refractivity contribution in [1.82, 2.24) is 0 Å². The molecule has 0 heterocycles. The zero-order chi connectivity index (χ0) is 10.6. The van der Waals surface area contributed by atoms with E-state index in [1.807, 2.05) is 6.07 Å². The van der Waals surface area contributed by atoms with Crippen molar-refractivity contribution in [3.63, 3.8) is 0 Å². The standard InChI is InChI=1S/C10H15NO3.ClH/c1-13-9-4-3-7(8(11)6-12)5-10(9)14-2;/h3-5,8,12H,6,11H2,1-2H3;1H/t8-;/m1./s1. The Labute approximate surface area is 95.4 Å². The molecule has 0 fully saturated rings. The molecule has 0 aliphatic heterocycles. The van der Waals surface area contributed by atoms with E-state index in [1.165, 1.54) is 0 Å². The van der Waals surface area contributed by atoms with Crippen LogP contribution in [-0.2, 0) is 0 Å². The summed E-state index contributed by atoms with van der Waals surface area (Å²) in [5, 5.41) is 8.88. The predicted octanol–water partition coefficient (Wildman–Crippen LogP) is 1.12. The molecule has 0 aromatic heterocycles. The van der Waals surface area contributed by atoms with E-state index >= 15 is 0 Å². The lowest BCUT2D eigenvalue weighted by molar-refractivity contribution is 0.267. The Morgan fingerprint density at radius 2 is 1.87 bits per heavy atom. The Morgan fingerprint density at radius 3 is 2.33 bits per heavy atom. The molecule has 0 aliphatic rings. The molecule has 1 atom stereocenters. The molecule has 0 unspecified atom stereocenters. The number of aliphatic hydroxyl groups is 1. The summed E-state index contributed by atoms with van der Waals surface area (Å²) >= 11 is 0. The van der Waals surface area contributed by atoms with E-state index in [4.69, 9.17) is 20.3 Å². The van der Waals surface area contributed by atoms with Crippen molar-refractivity contribution in [3.05, 3.63) is 23.8 Å². The summed E-state index contributed by atoms with van der Waals surface area (Å²) < 4.78 is 10.2. The average Bonchev–Trinajstić information content (AvgIpc) is 2.26. The van der Waals surface area contributed by atoms with E-state index in [0.717, 1.165) is 5.56 Å². The lowest BCUT2D eigenvalue weighted by Crippen LogP contribution is -2.14. The van der Waals surface area contributed by atoms with Gasteiger partial charge in [-0.15, -0.1) is 12.4 Å². The first-order valence-electron chi connectivity index (χ1n) is 4.31. The predicted molar refractivity (Wildman–Crippen MR) is 60.8 cm³/mol. The molecule has 1 aromatic carbocycles. The Morgan fingerprint density at radius 1 is 1.27 bits per heavy atom. The summed E-state index contributed by atoms with van der Waals surface area (Å²) in [6, 6.07) is 4.96. The highest BCUT2D eigenvalue weighted by molar-refractivity contribution is 5.85. The molecule has 3 N–H and O–H groups in total. The molecule has 4 nitrogen and oxygen atoms in total. The van der Waals surface area contributed by atoms with Crippen molar-refractivity contribution in [2.24, 2.45) is 5.73 Å². The van der Waals surface area contributed by atoms with E-state index < -0.39 is 0 Å². The SMILES string of the molecule is COc1ccc([C@H](N)CO)cc1OC.Cl. The van der Waals surface area contributed by atoms with Gasteiger partial charge in [0, 0.05) is 0 Å². The van der Waals surface area contributed by atoms with Gasteiger partial charge in [-0.05, 0) is 17.7 Å². The van der Waals surface area contributed by atoms with Gasteiger partial charge in [0.05, 0.1) is 26.9 Å². The number of methoxy groups -OCH3 is 2. The minimum absolute atomic E-state index is 0. The van der Waals surface area contributed by atoms with Crippen molar-refractivity contribution in [2.75, 3.05) is 20.8 Å². The molecule has 15 heavy (non-hydrogen) atoms. The fourth-order valence-electron chi connectivity index (χ4n) is 1.19. The Hall–Kier alpha value is -0.970. The van der Waals surface area contributed by atoms with Crippen LogP contribution in [-0.4, -0.2) is 25.9 Å². The van der Waals surface area contributed by atoms with Crippen LogP contribution in [0.3, 0.4) is 0 Å². The number of rotatable bonds is 4. The van der Waals surface area contributed by atoms with Crippen molar-refractivity contribution in [3.8, 4) is 11.5 Å². The van der Waals surface area contributed by atoms with Gasteiger partial charge in [0.25, 0.3) is 0 Å². The summed E-state index contributed by atoms with van der Waals surface area (Å²) in [4.78, 5) is 0. The van der Waals surface area contributed by atoms with Crippen molar-refractivity contribution >= 4 is 12.4 Å². The molecule has 0 radical (unpaired) electrons. The minimum atomic E-state index is -0.380.